The first-order chi connectivity index (χ1) is 12.2. The van der Waals surface area contributed by atoms with E-state index in [4.69, 9.17) is 0 Å². The summed E-state index contributed by atoms with van der Waals surface area (Å²) >= 11 is 0. The van der Waals surface area contributed by atoms with E-state index >= 15 is 0 Å². The van der Waals surface area contributed by atoms with Gasteiger partial charge >= 0.3 is 0 Å². The molecule has 0 N–H and O–H groups in total. The lowest BCUT2D eigenvalue weighted by molar-refractivity contribution is 0.715. The zero-order valence-corrected chi connectivity index (χ0v) is 20.5. The van der Waals surface area contributed by atoms with Crippen LogP contribution in [0.15, 0.2) is 24.3 Å². The van der Waals surface area contributed by atoms with Crippen molar-refractivity contribution < 1.29 is 0 Å². The number of hydrogen-bond acceptors (Lipinski definition) is 0. The van der Waals surface area contributed by atoms with Crippen molar-refractivity contribution in [2.24, 2.45) is 23.7 Å². The predicted molar refractivity (Wildman–Crippen MR) is 127 cm³/mol. The normalized spacial score (nSPS) is 12.5. The minimum atomic E-state index is 0.117. The average Bonchev–Trinajstić information content (AvgIpc) is 2.46. The summed E-state index contributed by atoms with van der Waals surface area (Å²) in [6.07, 6.45) is 8.38. The van der Waals surface area contributed by atoms with Gasteiger partial charge in [0.25, 0.3) is 0 Å². The van der Waals surface area contributed by atoms with Crippen LogP contribution >= 0.6 is 15.8 Å². The van der Waals surface area contributed by atoms with Gasteiger partial charge in [-0.25, -0.2) is 0 Å². The van der Waals surface area contributed by atoms with Gasteiger partial charge in [-0.2, -0.15) is 0 Å². The second kappa shape index (κ2) is 12.5. The molecule has 1 rings (SSSR count). The van der Waals surface area contributed by atoms with Crippen LogP contribution < -0.4 is 0 Å². The van der Waals surface area contributed by atoms with E-state index in [0.29, 0.717) is 0 Å². The smallest absolute Gasteiger partial charge is 0.00700 e. The number of rotatable bonds is 12. The van der Waals surface area contributed by atoms with Crippen molar-refractivity contribution in [3.63, 3.8) is 0 Å². The lowest BCUT2D eigenvalue weighted by Crippen LogP contribution is -2.07. The van der Waals surface area contributed by atoms with Crippen molar-refractivity contribution in [2.75, 3.05) is 24.6 Å². The zero-order valence-electron chi connectivity index (χ0n) is 18.8. The third kappa shape index (κ3) is 10.4. The Morgan fingerprint density at radius 3 is 1.04 bits per heavy atom. The Kier molecular flexibility index (Phi) is 11.6. The van der Waals surface area contributed by atoms with Crippen molar-refractivity contribution in [1.82, 2.24) is 0 Å². The molecule has 26 heavy (non-hydrogen) atoms. The molecule has 2 heteroatoms. The molecule has 1 aromatic carbocycles. The van der Waals surface area contributed by atoms with Gasteiger partial charge in [0.15, 0.2) is 0 Å². The highest BCUT2D eigenvalue weighted by Gasteiger charge is 2.18. The van der Waals surface area contributed by atoms with Gasteiger partial charge in [0, 0.05) is 0 Å². The summed E-state index contributed by atoms with van der Waals surface area (Å²) in [5.74, 6) is 3.30. The SMILES string of the molecule is CC(C)CP(Cc1ccccc1CP(CC(C)C)CC(C)C)CC(C)C. The molecule has 0 aliphatic heterocycles. The minimum absolute atomic E-state index is 0.117. The van der Waals surface area contributed by atoms with Crippen LogP contribution in [-0.4, -0.2) is 24.6 Å². The molecule has 0 spiro atoms. The molecule has 0 saturated heterocycles. The lowest BCUT2D eigenvalue weighted by atomic mass is 10.1. The van der Waals surface area contributed by atoms with Gasteiger partial charge in [0.05, 0.1) is 0 Å². The highest BCUT2D eigenvalue weighted by Crippen LogP contribution is 2.47. The second-order valence-electron chi connectivity index (χ2n) is 9.73. The van der Waals surface area contributed by atoms with E-state index in [0.717, 1.165) is 23.7 Å². The molecule has 150 valence electrons. The summed E-state index contributed by atoms with van der Waals surface area (Å²) < 4.78 is 0. The third-order valence-corrected chi connectivity index (χ3v) is 11.0. The van der Waals surface area contributed by atoms with Gasteiger partial charge < -0.3 is 0 Å². The van der Waals surface area contributed by atoms with Gasteiger partial charge in [0.2, 0.25) is 0 Å². The summed E-state index contributed by atoms with van der Waals surface area (Å²) in [6, 6.07) is 9.40. The van der Waals surface area contributed by atoms with Gasteiger partial charge in [-0.3, -0.25) is 0 Å². The Bertz CT molecular complexity index is 426. The Hall–Kier alpha value is 0.0800. The van der Waals surface area contributed by atoms with Crippen LogP contribution in [0.2, 0.25) is 0 Å². The molecule has 0 amide bonds. The van der Waals surface area contributed by atoms with Crippen LogP contribution in [0.3, 0.4) is 0 Å². The lowest BCUT2D eigenvalue weighted by Gasteiger charge is -2.26. The molecule has 0 heterocycles. The molecule has 0 unspecified atom stereocenters. The molecule has 0 aromatic heterocycles. The first kappa shape index (κ1) is 24.1. The largest absolute Gasteiger partial charge is 0.102 e. The molecule has 0 fully saturated rings. The third-order valence-electron chi connectivity index (χ3n) is 4.40. The Balaban J connectivity index is 2.92. The van der Waals surface area contributed by atoms with Crippen LogP contribution in [0.5, 0.6) is 0 Å². The fourth-order valence-electron chi connectivity index (χ4n) is 3.82. The fourth-order valence-corrected chi connectivity index (χ4v) is 10.3. The first-order valence-electron chi connectivity index (χ1n) is 10.7. The van der Waals surface area contributed by atoms with Crippen molar-refractivity contribution in [3.8, 4) is 0 Å². The second-order valence-corrected chi connectivity index (χ2v) is 14.5. The number of benzene rings is 1. The molecule has 0 aliphatic rings. The van der Waals surface area contributed by atoms with Gasteiger partial charge in [-0.1, -0.05) is 79.7 Å². The molecule has 1 aromatic rings. The monoisotopic (exact) mass is 394 g/mol. The average molecular weight is 395 g/mol. The Labute approximate surface area is 167 Å². The first-order valence-corrected chi connectivity index (χ1v) is 14.5. The molecule has 0 aliphatic carbocycles. The molecular formula is C24H44P2. The highest BCUT2D eigenvalue weighted by atomic mass is 31.1. The van der Waals surface area contributed by atoms with Crippen molar-refractivity contribution >= 4 is 15.8 Å². The van der Waals surface area contributed by atoms with Gasteiger partial charge in [-0.15, -0.1) is 15.8 Å². The topological polar surface area (TPSA) is 0 Å². The summed E-state index contributed by atoms with van der Waals surface area (Å²) in [5, 5.41) is 0. The van der Waals surface area contributed by atoms with Crippen LogP contribution in [0.1, 0.15) is 66.5 Å². The van der Waals surface area contributed by atoms with Crippen LogP contribution in [0.4, 0.5) is 0 Å². The Morgan fingerprint density at radius 2 is 0.808 bits per heavy atom. The Morgan fingerprint density at radius 1 is 0.538 bits per heavy atom. The maximum absolute atomic E-state index is 2.43. The van der Waals surface area contributed by atoms with E-state index in [1.807, 2.05) is 0 Å². The van der Waals surface area contributed by atoms with E-state index in [2.05, 4.69) is 79.7 Å². The quantitative estimate of drug-likeness (QED) is 0.313. The molecule has 0 radical (unpaired) electrons. The maximum Gasteiger partial charge on any atom is -0.00700 e. The molecular weight excluding hydrogens is 350 g/mol. The highest BCUT2D eigenvalue weighted by molar-refractivity contribution is 7.57. The fraction of sp³-hybridized carbons (Fsp3) is 0.750. The zero-order chi connectivity index (χ0) is 19.7. The molecule has 0 nitrogen and oxygen atoms in total. The summed E-state index contributed by atoms with van der Waals surface area (Å²) in [5.41, 5.74) is 3.33. The van der Waals surface area contributed by atoms with Crippen LogP contribution in [0, 0.1) is 23.7 Å². The number of hydrogen-bond donors (Lipinski definition) is 0. The van der Waals surface area contributed by atoms with E-state index in [-0.39, 0.29) is 15.8 Å². The van der Waals surface area contributed by atoms with Crippen LogP contribution in [-0.2, 0) is 12.3 Å². The molecule has 0 atom stereocenters. The van der Waals surface area contributed by atoms with Gasteiger partial charge in [-0.05, 0) is 71.8 Å². The molecule has 0 bridgehead atoms. The van der Waals surface area contributed by atoms with E-state index in [1.165, 1.54) is 37.0 Å². The van der Waals surface area contributed by atoms with Crippen LogP contribution in [0.25, 0.3) is 0 Å². The van der Waals surface area contributed by atoms with E-state index < -0.39 is 0 Å². The van der Waals surface area contributed by atoms with Crippen molar-refractivity contribution in [3.05, 3.63) is 35.4 Å². The van der Waals surface area contributed by atoms with Crippen molar-refractivity contribution in [1.29, 1.82) is 0 Å². The minimum Gasteiger partial charge on any atom is -0.102 e. The predicted octanol–water partition coefficient (Wildman–Crippen LogP) is 8.27. The van der Waals surface area contributed by atoms with Gasteiger partial charge in [0.1, 0.15) is 0 Å². The standard InChI is InChI=1S/C24H44P2/c1-19(2)13-25(14-20(3)4)17-23-11-9-10-12-24(23)18-26(15-21(5)6)16-22(7)8/h9-12,19-22H,13-18H2,1-8H3. The summed E-state index contributed by atoms with van der Waals surface area (Å²) in [7, 11) is 0.233. The van der Waals surface area contributed by atoms with Crippen molar-refractivity contribution in [2.45, 2.75) is 67.7 Å². The maximum atomic E-state index is 2.43. The van der Waals surface area contributed by atoms with E-state index in [1.54, 1.807) is 11.1 Å². The van der Waals surface area contributed by atoms with E-state index in [9.17, 15) is 0 Å². The summed E-state index contributed by atoms with van der Waals surface area (Å²) in [4.78, 5) is 0. The summed E-state index contributed by atoms with van der Waals surface area (Å²) in [6.45, 7) is 19.2. The molecule has 0 saturated carbocycles.